The summed E-state index contributed by atoms with van der Waals surface area (Å²) < 4.78 is 0.792. The summed E-state index contributed by atoms with van der Waals surface area (Å²) in [6.45, 7) is 1.83. The van der Waals surface area contributed by atoms with Gasteiger partial charge in [-0.25, -0.2) is 4.79 Å². The van der Waals surface area contributed by atoms with Crippen LogP contribution in [0.4, 0.5) is 5.69 Å². The average Bonchev–Trinajstić information content (AvgIpc) is 2.43. The molecule has 2 aromatic carbocycles. The van der Waals surface area contributed by atoms with Gasteiger partial charge in [0.15, 0.2) is 0 Å². The largest absolute Gasteiger partial charge is 0.478 e. The van der Waals surface area contributed by atoms with E-state index in [1.807, 2.05) is 19.1 Å². The molecule has 0 saturated heterocycles. The number of hydrogen-bond donors (Lipinski definition) is 2. The SMILES string of the molecule is Cc1ccc(Br)cc1C(=O)Nc1ccc(Cl)c(C(=O)O)c1. The fourth-order valence-corrected chi connectivity index (χ4v) is 2.36. The van der Waals surface area contributed by atoms with Crippen molar-refractivity contribution in [3.05, 3.63) is 62.6 Å². The predicted molar refractivity (Wildman–Crippen MR) is 85.2 cm³/mol. The van der Waals surface area contributed by atoms with Gasteiger partial charge in [0.1, 0.15) is 0 Å². The topological polar surface area (TPSA) is 66.4 Å². The number of aryl methyl sites for hydroxylation is 1. The lowest BCUT2D eigenvalue weighted by molar-refractivity contribution is 0.0696. The Balaban J connectivity index is 2.29. The summed E-state index contributed by atoms with van der Waals surface area (Å²) in [5.41, 5.74) is 1.65. The van der Waals surface area contributed by atoms with Crippen molar-refractivity contribution < 1.29 is 14.7 Å². The molecule has 108 valence electrons. The molecule has 0 aliphatic rings. The third kappa shape index (κ3) is 3.62. The van der Waals surface area contributed by atoms with E-state index in [4.69, 9.17) is 16.7 Å². The highest BCUT2D eigenvalue weighted by atomic mass is 79.9. The molecule has 0 aromatic heterocycles. The number of hydrogen-bond acceptors (Lipinski definition) is 2. The van der Waals surface area contributed by atoms with Crippen molar-refractivity contribution >= 4 is 45.1 Å². The first kappa shape index (κ1) is 15.5. The lowest BCUT2D eigenvalue weighted by Crippen LogP contribution is -2.14. The lowest BCUT2D eigenvalue weighted by atomic mass is 10.1. The van der Waals surface area contributed by atoms with Gasteiger partial charge in [0.2, 0.25) is 0 Å². The Bertz CT molecular complexity index is 731. The van der Waals surface area contributed by atoms with Crippen molar-refractivity contribution in [2.24, 2.45) is 0 Å². The smallest absolute Gasteiger partial charge is 0.337 e. The molecule has 0 radical (unpaired) electrons. The maximum absolute atomic E-state index is 12.2. The van der Waals surface area contributed by atoms with E-state index in [9.17, 15) is 9.59 Å². The van der Waals surface area contributed by atoms with Crippen molar-refractivity contribution in [1.82, 2.24) is 0 Å². The molecule has 2 rings (SSSR count). The van der Waals surface area contributed by atoms with Crippen molar-refractivity contribution in [3.63, 3.8) is 0 Å². The number of halogens is 2. The summed E-state index contributed by atoms with van der Waals surface area (Å²) in [6.07, 6.45) is 0. The van der Waals surface area contributed by atoms with Crippen molar-refractivity contribution in [2.45, 2.75) is 6.92 Å². The Labute approximate surface area is 134 Å². The van der Waals surface area contributed by atoms with Crippen molar-refractivity contribution in [2.75, 3.05) is 5.32 Å². The maximum atomic E-state index is 12.2. The van der Waals surface area contributed by atoms with E-state index in [1.165, 1.54) is 12.1 Å². The van der Waals surface area contributed by atoms with Gasteiger partial charge in [0.05, 0.1) is 10.6 Å². The maximum Gasteiger partial charge on any atom is 0.337 e. The summed E-state index contributed by atoms with van der Waals surface area (Å²) in [4.78, 5) is 23.3. The minimum Gasteiger partial charge on any atom is -0.478 e. The molecule has 0 atom stereocenters. The van der Waals surface area contributed by atoms with Gasteiger partial charge in [-0.15, -0.1) is 0 Å². The molecule has 0 aliphatic carbocycles. The van der Waals surface area contributed by atoms with Crippen LogP contribution in [-0.2, 0) is 0 Å². The van der Waals surface area contributed by atoms with Crippen LogP contribution in [0.1, 0.15) is 26.3 Å². The van der Waals surface area contributed by atoms with Crippen LogP contribution in [0, 0.1) is 6.92 Å². The molecule has 2 aromatic rings. The number of carboxylic acids is 1. The Kier molecular flexibility index (Phi) is 4.65. The van der Waals surface area contributed by atoms with E-state index in [-0.39, 0.29) is 16.5 Å². The van der Waals surface area contributed by atoms with Crippen LogP contribution in [0.5, 0.6) is 0 Å². The van der Waals surface area contributed by atoms with Crippen LogP contribution in [-0.4, -0.2) is 17.0 Å². The molecule has 6 heteroatoms. The first-order valence-corrected chi connectivity index (χ1v) is 7.16. The highest BCUT2D eigenvalue weighted by Crippen LogP contribution is 2.22. The molecule has 2 N–H and O–H groups in total. The van der Waals surface area contributed by atoms with E-state index < -0.39 is 5.97 Å². The molecule has 0 bridgehead atoms. The van der Waals surface area contributed by atoms with Gasteiger partial charge in [-0.3, -0.25) is 4.79 Å². The van der Waals surface area contributed by atoms with Gasteiger partial charge in [0.25, 0.3) is 5.91 Å². The van der Waals surface area contributed by atoms with Gasteiger partial charge in [-0.05, 0) is 42.8 Å². The Morgan fingerprint density at radius 2 is 1.86 bits per heavy atom. The fraction of sp³-hybridized carbons (Fsp3) is 0.0667. The zero-order chi connectivity index (χ0) is 15.6. The number of amides is 1. The third-order valence-corrected chi connectivity index (χ3v) is 3.72. The Morgan fingerprint density at radius 3 is 2.52 bits per heavy atom. The fourth-order valence-electron chi connectivity index (χ4n) is 1.80. The molecule has 21 heavy (non-hydrogen) atoms. The van der Waals surface area contributed by atoms with Gasteiger partial charge in [0, 0.05) is 15.7 Å². The molecule has 1 amide bonds. The van der Waals surface area contributed by atoms with Crippen LogP contribution >= 0.6 is 27.5 Å². The van der Waals surface area contributed by atoms with Gasteiger partial charge in [-0.1, -0.05) is 33.6 Å². The number of benzene rings is 2. The number of nitrogens with one attached hydrogen (secondary N) is 1. The summed E-state index contributed by atoms with van der Waals surface area (Å²) in [5, 5.41) is 11.8. The normalized spacial score (nSPS) is 10.2. The highest BCUT2D eigenvalue weighted by Gasteiger charge is 2.13. The van der Waals surface area contributed by atoms with E-state index in [2.05, 4.69) is 21.2 Å². The summed E-state index contributed by atoms with van der Waals surface area (Å²) >= 11 is 9.11. The molecule has 0 fully saturated rings. The average molecular weight is 369 g/mol. The molecule has 0 spiro atoms. The Hall–Kier alpha value is -1.85. The van der Waals surface area contributed by atoms with Crippen molar-refractivity contribution in [3.8, 4) is 0 Å². The second-order valence-corrected chi connectivity index (χ2v) is 5.74. The zero-order valence-electron chi connectivity index (χ0n) is 11.0. The van der Waals surface area contributed by atoms with Crippen molar-refractivity contribution in [1.29, 1.82) is 0 Å². The minimum atomic E-state index is -1.14. The highest BCUT2D eigenvalue weighted by molar-refractivity contribution is 9.10. The molecule has 4 nitrogen and oxygen atoms in total. The summed E-state index contributed by atoms with van der Waals surface area (Å²) in [6, 6.07) is 9.70. The van der Waals surface area contributed by atoms with Gasteiger partial charge >= 0.3 is 5.97 Å². The van der Waals surface area contributed by atoms with Crippen LogP contribution in [0.2, 0.25) is 5.02 Å². The Morgan fingerprint density at radius 1 is 1.14 bits per heavy atom. The summed E-state index contributed by atoms with van der Waals surface area (Å²) in [7, 11) is 0. The number of carboxylic acid groups (broad SMARTS) is 1. The van der Waals surface area contributed by atoms with Crippen LogP contribution in [0.15, 0.2) is 40.9 Å². The standard InChI is InChI=1S/C15H11BrClNO3/c1-8-2-3-9(16)6-11(8)14(19)18-10-4-5-13(17)12(7-10)15(20)21/h2-7H,1H3,(H,18,19)(H,20,21). The third-order valence-electron chi connectivity index (χ3n) is 2.90. The van der Waals surface area contributed by atoms with E-state index >= 15 is 0 Å². The first-order chi connectivity index (χ1) is 9.88. The lowest BCUT2D eigenvalue weighted by Gasteiger charge is -2.09. The number of carbonyl (C=O) groups is 2. The molecular weight excluding hydrogens is 358 g/mol. The monoisotopic (exact) mass is 367 g/mol. The first-order valence-electron chi connectivity index (χ1n) is 5.99. The number of anilines is 1. The molecule has 0 heterocycles. The predicted octanol–water partition coefficient (Wildman–Crippen LogP) is 4.36. The van der Waals surface area contributed by atoms with E-state index in [1.54, 1.807) is 12.1 Å². The quantitative estimate of drug-likeness (QED) is 0.846. The molecule has 0 unspecified atom stereocenters. The number of rotatable bonds is 3. The summed E-state index contributed by atoms with van der Waals surface area (Å²) in [5.74, 6) is -1.46. The van der Waals surface area contributed by atoms with Crippen LogP contribution in [0.25, 0.3) is 0 Å². The minimum absolute atomic E-state index is 0.0552. The zero-order valence-corrected chi connectivity index (χ0v) is 13.3. The van der Waals surface area contributed by atoms with Gasteiger partial charge < -0.3 is 10.4 Å². The number of aromatic carboxylic acids is 1. The number of carbonyl (C=O) groups excluding carboxylic acids is 1. The second-order valence-electron chi connectivity index (χ2n) is 4.41. The van der Waals surface area contributed by atoms with Gasteiger partial charge in [-0.2, -0.15) is 0 Å². The molecule has 0 aliphatic heterocycles. The van der Waals surface area contributed by atoms with E-state index in [0.717, 1.165) is 10.0 Å². The van der Waals surface area contributed by atoms with E-state index in [0.29, 0.717) is 11.3 Å². The van der Waals surface area contributed by atoms with Crippen LogP contribution < -0.4 is 5.32 Å². The molecule has 0 saturated carbocycles. The van der Waals surface area contributed by atoms with Crippen LogP contribution in [0.3, 0.4) is 0 Å². The molecular formula is C15H11BrClNO3. The second kappa shape index (κ2) is 6.28.